The zero-order valence-electron chi connectivity index (χ0n) is 10.7. The maximum atomic E-state index is 11.5. The van der Waals surface area contributed by atoms with Gasteiger partial charge >= 0.3 is 5.97 Å². The number of nitrogens with zero attached hydrogens (tertiary/aromatic N) is 3. The number of likely N-dealkylation sites (N-methyl/N-ethyl adjacent to an activating group) is 1. The van der Waals surface area contributed by atoms with Gasteiger partial charge in [0.25, 0.3) is 11.8 Å². The van der Waals surface area contributed by atoms with Gasteiger partial charge in [0.05, 0.1) is 7.11 Å². The van der Waals surface area contributed by atoms with Crippen molar-refractivity contribution >= 4 is 29.5 Å². The fourth-order valence-corrected chi connectivity index (χ4v) is 0.985. The van der Waals surface area contributed by atoms with Gasteiger partial charge in [-0.2, -0.15) is 0 Å². The predicted molar refractivity (Wildman–Crippen MR) is 64.9 cm³/mol. The summed E-state index contributed by atoms with van der Waals surface area (Å²) in [6, 6.07) is 0. The smallest absolute Gasteiger partial charge is 0.325 e. The molecule has 0 atom stereocenters. The molecule has 1 aliphatic rings. The molecule has 1 aliphatic heterocycles. The summed E-state index contributed by atoms with van der Waals surface area (Å²) in [5, 5.41) is 9.55. The van der Waals surface area contributed by atoms with Crippen molar-refractivity contribution in [2.75, 3.05) is 27.7 Å². The molecule has 0 aromatic heterocycles. The Kier molecular flexibility index (Phi) is 4.80. The molecule has 1 rings (SSSR count). The van der Waals surface area contributed by atoms with E-state index in [9.17, 15) is 14.4 Å². The van der Waals surface area contributed by atoms with E-state index in [1.807, 2.05) is 0 Å². The highest BCUT2D eigenvalue weighted by molar-refractivity contribution is 6.42. The molecule has 0 fully saturated rings. The Morgan fingerprint density at radius 3 is 2.26 bits per heavy atom. The van der Waals surface area contributed by atoms with Gasteiger partial charge in [0, 0.05) is 14.1 Å². The van der Waals surface area contributed by atoms with Gasteiger partial charge in [-0.05, 0) is 0 Å². The molecule has 1 heterocycles. The van der Waals surface area contributed by atoms with Crippen LogP contribution in [-0.4, -0.2) is 62.1 Å². The summed E-state index contributed by atoms with van der Waals surface area (Å²) in [5.41, 5.74) is 4.65. The number of hydrazone groups is 2. The molecule has 0 bridgehead atoms. The number of amides is 2. The number of hydrogen-bond acceptors (Lipinski definition) is 8. The Balaban J connectivity index is 2.50. The summed E-state index contributed by atoms with van der Waals surface area (Å²) >= 11 is 0. The van der Waals surface area contributed by atoms with Crippen LogP contribution < -0.4 is 16.2 Å². The molecule has 0 spiro atoms. The Hall–Kier alpha value is -2.65. The molecule has 10 nitrogen and oxygen atoms in total. The fraction of sp³-hybridized carbons (Fsp3) is 0.444. The molecule has 0 radical (unpaired) electrons. The molecule has 10 heteroatoms. The van der Waals surface area contributed by atoms with Crippen LogP contribution in [0.25, 0.3) is 0 Å². The number of carbonyl (C=O) groups excluding carboxylic acids is 3. The zero-order chi connectivity index (χ0) is 14.4. The number of amidine groups is 2. The monoisotopic (exact) mass is 270 g/mol. The van der Waals surface area contributed by atoms with E-state index >= 15 is 0 Å². The van der Waals surface area contributed by atoms with Crippen molar-refractivity contribution in [1.82, 2.24) is 21.1 Å². The van der Waals surface area contributed by atoms with Crippen molar-refractivity contribution in [3.63, 3.8) is 0 Å². The van der Waals surface area contributed by atoms with Crippen LogP contribution in [0.15, 0.2) is 10.2 Å². The largest absolute Gasteiger partial charge is 0.468 e. The van der Waals surface area contributed by atoms with Crippen molar-refractivity contribution in [3.8, 4) is 0 Å². The van der Waals surface area contributed by atoms with E-state index in [0.717, 1.165) is 0 Å². The standard InChI is InChI=1S/C9H14N6O4/c1-15(2)9(18)7-13-11-6(12-14-7)8(17)10-4-5(16)19-3/h4H2,1-3H3,(H,10,17)(H,11,12)(H,13,14). The van der Waals surface area contributed by atoms with Crippen molar-refractivity contribution in [1.29, 1.82) is 0 Å². The van der Waals surface area contributed by atoms with Gasteiger partial charge in [-0.3, -0.25) is 25.2 Å². The van der Waals surface area contributed by atoms with Crippen LogP contribution in [0.4, 0.5) is 0 Å². The highest BCUT2D eigenvalue weighted by Crippen LogP contribution is 1.88. The fourth-order valence-electron chi connectivity index (χ4n) is 0.985. The van der Waals surface area contributed by atoms with Crippen LogP contribution in [-0.2, 0) is 19.1 Å². The summed E-state index contributed by atoms with van der Waals surface area (Å²) in [6.45, 7) is -0.288. The number of hydrogen-bond donors (Lipinski definition) is 3. The average molecular weight is 270 g/mol. The van der Waals surface area contributed by atoms with Crippen LogP contribution in [0.3, 0.4) is 0 Å². The topological polar surface area (TPSA) is 124 Å². The van der Waals surface area contributed by atoms with E-state index in [4.69, 9.17) is 0 Å². The highest BCUT2D eigenvalue weighted by atomic mass is 16.5. The zero-order valence-corrected chi connectivity index (χ0v) is 10.7. The molecule has 2 amide bonds. The van der Waals surface area contributed by atoms with Crippen LogP contribution in [0.1, 0.15) is 0 Å². The average Bonchev–Trinajstić information content (AvgIpc) is 2.43. The molecule has 0 aromatic rings. The summed E-state index contributed by atoms with van der Waals surface area (Å²) in [4.78, 5) is 35.1. The van der Waals surface area contributed by atoms with Crippen LogP contribution in [0.5, 0.6) is 0 Å². The lowest BCUT2D eigenvalue weighted by Crippen LogP contribution is -2.48. The Morgan fingerprint density at radius 1 is 1.21 bits per heavy atom. The maximum absolute atomic E-state index is 11.5. The third-order valence-electron chi connectivity index (χ3n) is 1.99. The maximum Gasteiger partial charge on any atom is 0.325 e. The third kappa shape index (κ3) is 3.94. The molecule has 104 valence electrons. The van der Waals surface area contributed by atoms with Crippen molar-refractivity contribution in [2.24, 2.45) is 10.2 Å². The van der Waals surface area contributed by atoms with Crippen molar-refractivity contribution in [2.45, 2.75) is 0 Å². The second-order valence-corrected chi connectivity index (χ2v) is 3.60. The minimum absolute atomic E-state index is 0.0467. The van der Waals surface area contributed by atoms with Gasteiger partial charge in [-0.15, -0.1) is 10.2 Å². The molecule has 0 aromatic carbocycles. The van der Waals surface area contributed by atoms with Crippen LogP contribution >= 0.6 is 0 Å². The number of methoxy groups -OCH3 is 1. The molecule has 0 saturated carbocycles. The lowest BCUT2D eigenvalue weighted by molar-refractivity contribution is -0.140. The molecule has 0 unspecified atom stereocenters. The van der Waals surface area contributed by atoms with E-state index in [-0.39, 0.29) is 18.2 Å². The SMILES string of the molecule is COC(=O)CNC(=O)C1=NNC(C(=O)N(C)C)=NN1. The molecular formula is C9H14N6O4. The molecule has 3 N–H and O–H groups in total. The molecule has 19 heavy (non-hydrogen) atoms. The number of ether oxygens (including phenoxy) is 1. The second-order valence-electron chi connectivity index (χ2n) is 3.60. The molecule has 0 saturated heterocycles. The Bertz CT molecular complexity index is 456. The number of esters is 1. The van der Waals surface area contributed by atoms with E-state index in [2.05, 4.69) is 31.1 Å². The number of nitrogens with one attached hydrogen (secondary N) is 3. The first-order valence-electron chi connectivity index (χ1n) is 5.19. The predicted octanol–water partition coefficient (Wildman–Crippen LogP) is -2.82. The Morgan fingerprint density at radius 2 is 1.79 bits per heavy atom. The summed E-state index contributed by atoms with van der Waals surface area (Å²) < 4.78 is 4.36. The van der Waals surface area contributed by atoms with Gasteiger partial charge in [0.15, 0.2) is 0 Å². The first-order chi connectivity index (χ1) is 8.95. The lowest BCUT2D eigenvalue weighted by Gasteiger charge is -2.16. The highest BCUT2D eigenvalue weighted by Gasteiger charge is 2.20. The first kappa shape index (κ1) is 14.4. The van der Waals surface area contributed by atoms with Crippen LogP contribution in [0, 0.1) is 0 Å². The second kappa shape index (κ2) is 6.33. The summed E-state index contributed by atoms with van der Waals surface area (Å²) in [7, 11) is 4.31. The number of carbonyl (C=O) groups is 3. The van der Waals surface area contributed by atoms with E-state index in [0.29, 0.717) is 0 Å². The van der Waals surface area contributed by atoms with Crippen LogP contribution in [0.2, 0.25) is 0 Å². The van der Waals surface area contributed by atoms with Gasteiger partial charge in [-0.25, -0.2) is 0 Å². The van der Waals surface area contributed by atoms with Crippen molar-refractivity contribution in [3.05, 3.63) is 0 Å². The first-order valence-corrected chi connectivity index (χ1v) is 5.19. The molecular weight excluding hydrogens is 256 g/mol. The minimum Gasteiger partial charge on any atom is -0.468 e. The quantitative estimate of drug-likeness (QED) is 0.473. The van der Waals surface area contributed by atoms with Gasteiger partial charge < -0.3 is 15.0 Å². The summed E-state index contributed by atoms with van der Waals surface area (Å²) in [6.07, 6.45) is 0. The minimum atomic E-state index is -0.655. The van der Waals surface area contributed by atoms with Gasteiger partial charge in [0.1, 0.15) is 6.54 Å². The van der Waals surface area contributed by atoms with E-state index in [1.54, 1.807) is 14.1 Å². The molecule has 0 aliphatic carbocycles. The van der Waals surface area contributed by atoms with Gasteiger partial charge in [0.2, 0.25) is 11.7 Å². The lowest BCUT2D eigenvalue weighted by atomic mass is 10.5. The number of rotatable bonds is 4. The third-order valence-corrected chi connectivity index (χ3v) is 1.99. The summed E-state index contributed by atoms with van der Waals surface area (Å²) in [5.74, 6) is -1.86. The normalized spacial score (nSPS) is 13.2. The van der Waals surface area contributed by atoms with E-state index < -0.39 is 17.8 Å². The van der Waals surface area contributed by atoms with Crippen molar-refractivity contribution < 1.29 is 19.1 Å². The van der Waals surface area contributed by atoms with Gasteiger partial charge in [-0.1, -0.05) is 0 Å². The van der Waals surface area contributed by atoms with E-state index in [1.165, 1.54) is 12.0 Å². The Labute approximate surface area is 108 Å².